The number of likely N-dealkylation sites (tertiary alicyclic amines) is 1. The van der Waals surface area contributed by atoms with Crippen molar-refractivity contribution < 1.29 is 0 Å². The SMILES string of the molecule is CN1CCC(Nc2nc3c(cnn3-c3ccccc3)c(=O)[nH]2)CC1. The molecule has 3 aromatic rings. The zero-order valence-electron chi connectivity index (χ0n) is 13.6. The van der Waals surface area contributed by atoms with Crippen LogP contribution in [0.4, 0.5) is 5.95 Å². The lowest BCUT2D eigenvalue weighted by Gasteiger charge is -2.29. The average molecular weight is 324 g/mol. The lowest BCUT2D eigenvalue weighted by atomic mass is 10.1. The molecule has 0 radical (unpaired) electrons. The molecule has 0 amide bonds. The van der Waals surface area contributed by atoms with Gasteiger partial charge in [0.15, 0.2) is 5.65 Å². The van der Waals surface area contributed by atoms with Gasteiger partial charge in [-0.15, -0.1) is 0 Å². The first-order chi connectivity index (χ1) is 11.7. The van der Waals surface area contributed by atoms with Gasteiger partial charge in [0.1, 0.15) is 5.39 Å². The Bertz CT molecular complexity index is 892. The van der Waals surface area contributed by atoms with E-state index in [0.29, 0.717) is 23.0 Å². The summed E-state index contributed by atoms with van der Waals surface area (Å²) in [5.74, 6) is 0.514. The van der Waals surface area contributed by atoms with E-state index >= 15 is 0 Å². The number of para-hydroxylation sites is 1. The third-order valence-electron chi connectivity index (χ3n) is 4.50. The van der Waals surface area contributed by atoms with E-state index in [1.54, 1.807) is 10.9 Å². The number of benzene rings is 1. The molecule has 124 valence electrons. The van der Waals surface area contributed by atoms with Crippen LogP contribution in [0.3, 0.4) is 0 Å². The zero-order chi connectivity index (χ0) is 16.5. The minimum Gasteiger partial charge on any atom is -0.353 e. The largest absolute Gasteiger partial charge is 0.353 e. The fraction of sp³-hybridized carbons (Fsp3) is 0.353. The van der Waals surface area contributed by atoms with Gasteiger partial charge >= 0.3 is 0 Å². The second-order valence-corrected chi connectivity index (χ2v) is 6.27. The van der Waals surface area contributed by atoms with E-state index in [9.17, 15) is 4.79 Å². The highest BCUT2D eigenvalue weighted by Crippen LogP contribution is 2.16. The van der Waals surface area contributed by atoms with Crippen LogP contribution in [0.15, 0.2) is 41.3 Å². The molecule has 0 atom stereocenters. The van der Waals surface area contributed by atoms with E-state index < -0.39 is 0 Å². The predicted molar refractivity (Wildman–Crippen MR) is 93.6 cm³/mol. The van der Waals surface area contributed by atoms with Crippen molar-refractivity contribution in [2.45, 2.75) is 18.9 Å². The number of aromatic amines is 1. The molecule has 7 nitrogen and oxygen atoms in total. The van der Waals surface area contributed by atoms with Crippen LogP contribution in [0, 0.1) is 0 Å². The van der Waals surface area contributed by atoms with Crippen molar-refractivity contribution in [3.63, 3.8) is 0 Å². The Balaban J connectivity index is 1.69. The lowest BCUT2D eigenvalue weighted by Crippen LogP contribution is -2.37. The number of H-pyrrole nitrogens is 1. The topological polar surface area (TPSA) is 78.8 Å². The molecule has 24 heavy (non-hydrogen) atoms. The van der Waals surface area contributed by atoms with Gasteiger partial charge in [0.05, 0.1) is 11.9 Å². The molecule has 1 aliphatic rings. The van der Waals surface area contributed by atoms with E-state index in [1.165, 1.54) is 0 Å². The summed E-state index contributed by atoms with van der Waals surface area (Å²) in [6.07, 6.45) is 3.64. The minimum atomic E-state index is -0.169. The quantitative estimate of drug-likeness (QED) is 0.765. The van der Waals surface area contributed by atoms with Crippen LogP contribution in [0.1, 0.15) is 12.8 Å². The Kier molecular flexibility index (Phi) is 3.78. The Morgan fingerprint density at radius 2 is 1.96 bits per heavy atom. The highest BCUT2D eigenvalue weighted by molar-refractivity contribution is 5.76. The summed E-state index contributed by atoms with van der Waals surface area (Å²) in [6, 6.07) is 10.0. The van der Waals surface area contributed by atoms with Crippen LogP contribution in [-0.2, 0) is 0 Å². The number of aromatic nitrogens is 4. The highest BCUT2D eigenvalue weighted by Gasteiger charge is 2.18. The number of nitrogens with zero attached hydrogens (tertiary/aromatic N) is 4. The maximum atomic E-state index is 12.3. The van der Waals surface area contributed by atoms with Gasteiger partial charge in [-0.1, -0.05) is 18.2 Å². The lowest BCUT2D eigenvalue weighted by molar-refractivity contribution is 0.263. The number of anilines is 1. The van der Waals surface area contributed by atoms with Gasteiger partial charge in [-0.25, -0.2) is 4.68 Å². The Morgan fingerprint density at radius 1 is 1.21 bits per heavy atom. The molecule has 0 spiro atoms. The molecular weight excluding hydrogens is 304 g/mol. The van der Waals surface area contributed by atoms with Gasteiger partial charge in [-0.05, 0) is 45.1 Å². The molecule has 1 aromatic carbocycles. The van der Waals surface area contributed by atoms with Crippen molar-refractivity contribution in [3.8, 4) is 5.69 Å². The molecule has 0 saturated carbocycles. The van der Waals surface area contributed by atoms with Crippen LogP contribution in [0.5, 0.6) is 0 Å². The molecule has 4 rings (SSSR count). The standard InChI is InChI=1S/C17H20N6O/c1-22-9-7-12(8-10-22)19-17-20-15-14(16(24)21-17)11-18-23(15)13-5-3-2-4-6-13/h2-6,11-12H,7-10H2,1H3,(H2,19,20,21,24). The minimum absolute atomic E-state index is 0.169. The van der Waals surface area contributed by atoms with E-state index in [0.717, 1.165) is 31.6 Å². The third kappa shape index (κ3) is 2.78. The van der Waals surface area contributed by atoms with Crippen LogP contribution in [0.2, 0.25) is 0 Å². The number of rotatable bonds is 3. The van der Waals surface area contributed by atoms with Gasteiger partial charge in [0, 0.05) is 6.04 Å². The summed E-state index contributed by atoms with van der Waals surface area (Å²) in [6.45, 7) is 2.10. The molecule has 3 heterocycles. The number of hydrogen-bond donors (Lipinski definition) is 2. The molecule has 7 heteroatoms. The third-order valence-corrected chi connectivity index (χ3v) is 4.50. The Morgan fingerprint density at radius 3 is 2.71 bits per heavy atom. The summed E-state index contributed by atoms with van der Waals surface area (Å²) in [5, 5.41) is 8.19. The van der Waals surface area contributed by atoms with Crippen LogP contribution in [0.25, 0.3) is 16.7 Å². The van der Waals surface area contributed by atoms with Crippen LogP contribution < -0.4 is 10.9 Å². The van der Waals surface area contributed by atoms with Gasteiger partial charge in [-0.2, -0.15) is 10.1 Å². The van der Waals surface area contributed by atoms with Crippen molar-refractivity contribution in [3.05, 3.63) is 46.9 Å². The fourth-order valence-corrected chi connectivity index (χ4v) is 3.09. The first-order valence-electron chi connectivity index (χ1n) is 8.19. The summed E-state index contributed by atoms with van der Waals surface area (Å²) in [5.41, 5.74) is 1.29. The number of hydrogen-bond acceptors (Lipinski definition) is 5. The second-order valence-electron chi connectivity index (χ2n) is 6.27. The smallest absolute Gasteiger partial charge is 0.263 e. The van der Waals surface area contributed by atoms with Crippen LogP contribution >= 0.6 is 0 Å². The van der Waals surface area contributed by atoms with E-state index in [2.05, 4.69) is 32.3 Å². The Hall–Kier alpha value is -2.67. The van der Waals surface area contributed by atoms with Gasteiger partial charge in [0.25, 0.3) is 5.56 Å². The van der Waals surface area contributed by atoms with Crippen molar-refractivity contribution in [1.82, 2.24) is 24.6 Å². The van der Waals surface area contributed by atoms with Crippen molar-refractivity contribution in [2.75, 3.05) is 25.5 Å². The number of fused-ring (bicyclic) bond motifs is 1. The molecular formula is C17H20N6O. The fourth-order valence-electron chi connectivity index (χ4n) is 3.09. The maximum Gasteiger partial charge on any atom is 0.263 e. The summed E-state index contributed by atoms with van der Waals surface area (Å²) in [4.78, 5) is 22.1. The summed E-state index contributed by atoms with van der Waals surface area (Å²) < 4.78 is 1.70. The number of piperidine rings is 1. The monoisotopic (exact) mass is 324 g/mol. The first-order valence-corrected chi connectivity index (χ1v) is 8.19. The molecule has 1 saturated heterocycles. The predicted octanol–water partition coefficient (Wildman–Crippen LogP) is 1.61. The molecule has 0 aliphatic carbocycles. The maximum absolute atomic E-state index is 12.3. The van der Waals surface area contributed by atoms with Gasteiger partial charge in [0.2, 0.25) is 5.95 Å². The molecule has 0 unspecified atom stereocenters. The molecule has 2 aromatic heterocycles. The first kappa shape index (κ1) is 14.9. The molecule has 2 N–H and O–H groups in total. The molecule has 0 bridgehead atoms. The second kappa shape index (κ2) is 6.09. The Labute approximate surface area is 139 Å². The summed E-state index contributed by atoms with van der Waals surface area (Å²) >= 11 is 0. The molecule has 1 fully saturated rings. The van der Waals surface area contributed by atoms with E-state index in [-0.39, 0.29) is 5.56 Å². The van der Waals surface area contributed by atoms with Gasteiger partial charge in [-0.3, -0.25) is 9.78 Å². The van der Waals surface area contributed by atoms with Crippen LogP contribution in [-0.4, -0.2) is 50.8 Å². The average Bonchev–Trinajstić information content (AvgIpc) is 3.02. The molecule has 1 aliphatic heterocycles. The number of nitrogens with one attached hydrogen (secondary N) is 2. The normalized spacial score (nSPS) is 16.5. The van der Waals surface area contributed by atoms with Gasteiger partial charge < -0.3 is 10.2 Å². The van der Waals surface area contributed by atoms with Crippen molar-refractivity contribution in [1.29, 1.82) is 0 Å². The highest BCUT2D eigenvalue weighted by atomic mass is 16.1. The van der Waals surface area contributed by atoms with Crippen molar-refractivity contribution in [2.24, 2.45) is 0 Å². The summed E-state index contributed by atoms with van der Waals surface area (Å²) in [7, 11) is 2.13. The van der Waals surface area contributed by atoms with Crippen molar-refractivity contribution >= 4 is 17.0 Å². The zero-order valence-corrected chi connectivity index (χ0v) is 13.6. The van der Waals surface area contributed by atoms with E-state index in [4.69, 9.17) is 0 Å². The van der Waals surface area contributed by atoms with E-state index in [1.807, 2.05) is 30.3 Å².